The molecule has 0 radical (unpaired) electrons. The van der Waals surface area contributed by atoms with Gasteiger partial charge >= 0.3 is 0 Å². The molecular formula is C18H21ClN4O2S. The molecule has 2 aromatic heterocycles. The lowest BCUT2D eigenvalue weighted by atomic mass is 10.2. The van der Waals surface area contributed by atoms with Crippen molar-refractivity contribution in [3.63, 3.8) is 0 Å². The molecular weight excluding hydrogens is 372 g/mol. The van der Waals surface area contributed by atoms with Gasteiger partial charge in [0.1, 0.15) is 5.76 Å². The van der Waals surface area contributed by atoms with Crippen molar-refractivity contribution in [2.75, 3.05) is 13.7 Å². The Balaban J connectivity index is 1.85. The molecule has 26 heavy (non-hydrogen) atoms. The minimum Gasteiger partial charge on any atom is -0.445 e. The predicted molar refractivity (Wildman–Crippen MR) is 102 cm³/mol. The zero-order valence-corrected chi connectivity index (χ0v) is 16.6. The van der Waals surface area contributed by atoms with Gasteiger partial charge in [-0.1, -0.05) is 35.5 Å². The standard InChI is InChI=1S/C18H21ClN4O2S/c1-12-13(2)25-16(20-12)11-26-18-22-21-17(23(18)9-6-10-24-3)14-7-4-5-8-15(14)19/h4-5,7-8H,6,9-11H2,1-3H3. The highest BCUT2D eigenvalue weighted by molar-refractivity contribution is 7.98. The summed E-state index contributed by atoms with van der Waals surface area (Å²) in [6.45, 7) is 5.27. The fraction of sp³-hybridized carbons (Fsp3) is 0.389. The Morgan fingerprint density at radius 1 is 1.23 bits per heavy atom. The summed E-state index contributed by atoms with van der Waals surface area (Å²) in [5.74, 6) is 2.89. The molecule has 0 saturated heterocycles. The number of oxazole rings is 1. The van der Waals surface area contributed by atoms with Crippen molar-refractivity contribution >= 4 is 23.4 Å². The minimum atomic E-state index is 0.597. The number of hydrogen-bond donors (Lipinski definition) is 0. The third kappa shape index (κ3) is 4.28. The first kappa shape index (κ1) is 18.9. The van der Waals surface area contributed by atoms with E-state index in [1.165, 1.54) is 0 Å². The monoisotopic (exact) mass is 392 g/mol. The molecule has 0 aliphatic carbocycles. The van der Waals surface area contributed by atoms with Crippen LogP contribution < -0.4 is 0 Å². The summed E-state index contributed by atoms with van der Waals surface area (Å²) in [5.41, 5.74) is 1.78. The lowest BCUT2D eigenvalue weighted by molar-refractivity contribution is 0.189. The average Bonchev–Trinajstić information content (AvgIpc) is 3.17. The van der Waals surface area contributed by atoms with Crippen molar-refractivity contribution in [2.24, 2.45) is 0 Å². The van der Waals surface area contributed by atoms with Crippen molar-refractivity contribution in [3.05, 3.63) is 46.6 Å². The van der Waals surface area contributed by atoms with E-state index in [2.05, 4.69) is 19.7 Å². The first-order valence-corrected chi connectivity index (χ1v) is 9.69. The van der Waals surface area contributed by atoms with Crippen LogP contribution in [0.2, 0.25) is 5.02 Å². The Hall–Kier alpha value is -1.83. The van der Waals surface area contributed by atoms with Crippen LogP contribution >= 0.6 is 23.4 Å². The molecule has 8 heteroatoms. The van der Waals surface area contributed by atoms with E-state index in [1.807, 2.05) is 38.1 Å². The molecule has 0 bridgehead atoms. The number of aryl methyl sites for hydroxylation is 2. The molecule has 0 unspecified atom stereocenters. The van der Waals surface area contributed by atoms with E-state index in [0.29, 0.717) is 23.3 Å². The molecule has 0 saturated carbocycles. The van der Waals surface area contributed by atoms with Gasteiger partial charge in [-0.05, 0) is 32.4 Å². The molecule has 0 aliphatic rings. The Kier molecular flexibility index (Phi) is 6.34. The molecule has 0 atom stereocenters. The maximum Gasteiger partial charge on any atom is 0.205 e. The first-order valence-electron chi connectivity index (χ1n) is 8.33. The quantitative estimate of drug-likeness (QED) is 0.414. The van der Waals surface area contributed by atoms with Crippen LogP contribution in [0.3, 0.4) is 0 Å². The van der Waals surface area contributed by atoms with E-state index < -0.39 is 0 Å². The predicted octanol–water partition coefficient (Wildman–Crippen LogP) is 4.53. The van der Waals surface area contributed by atoms with E-state index in [4.69, 9.17) is 20.8 Å². The van der Waals surface area contributed by atoms with E-state index in [1.54, 1.807) is 18.9 Å². The summed E-state index contributed by atoms with van der Waals surface area (Å²) in [4.78, 5) is 4.42. The summed E-state index contributed by atoms with van der Waals surface area (Å²) < 4.78 is 12.9. The highest BCUT2D eigenvalue weighted by atomic mass is 35.5. The van der Waals surface area contributed by atoms with Crippen LogP contribution in [-0.2, 0) is 17.0 Å². The second-order valence-electron chi connectivity index (χ2n) is 5.82. The largest absolute Gasteiger partial charge is 0.445 e. The van der Waals surface area contributed by atoms with Crippen LogP contribution in [0.15, 0.2) is 33.8 Å². The summed E-state index contributed by atoms with van der Waals surface area (Å²) in [5, 5.41) is 10.2. The van der Waals surface area contributed by atoms with Gasteiger partial charge in [-0.2, -0.15) is 0 Å². The third-order valence-corrected chi connectivity index (χ3v) is 5.24. The minimum absolute atomic E-state index is 0.597. The van der Waals surface area contributed by atoms with E-state index in [9.17, 15) is 0 Å². The molecule has 0 aliphatic heterocycles. The average molecular weight is 393 g/mol. The zero-order valence-electron chi connectivity index (χ0n) is 15.0. The van der Waals surface area contributed by atoms with Crippen molar-refractivity contribution in [1.29, 1.82) is 0 Å². The normalized spacial score (nSPS) is 11.2. The molecule has 6 nitrogen and oxygen atoms in total. The SMILES string of the molecule is COCCCn1c(SCc2nc(C)c(C)o2)nnc1-c1ccccc1Cl. The van der Waals surface area contributed by atoms with Crippen molar-refractivity contribution in [2.45, 2.75) is 37.7 Å². The summed E-state index contributed by atoms with van der Waals surface area (Å²) in [7, 11) is 1.70. The lowest BCUT2D eigenvalue weighted by Gasteiger charge is -2.10. The molecule has 2 heterocycles. The number of aromatic nitrogens is 4. The van der Waals surface area contributed by atoms with Crippen LogP contribution in [0.5, 0.6) is 0 Å². The van der Waals surface area contributed by atoms with E-state index in [-0.39, 0.29) is 0 Å². The lowest BCUT2D eigenvalue weighted by Crippen LogP contribution is -2.05. The fourth-order valence-corrected chi connectivity index (χ4v) is 3.56. The summed E-state index contributed by atoms with van der Waals surface area (Å²) >= 11 is 7.91. The Morgan fingerprint density at radius 3 is 2.73 bits per heavy atom. The van der Waals surface area contributed by atoms with Gasteiger partial charge in [0.25, 0.3) is 0 Å². The summed E-state index contributed by atoms with van der Waals surface area (Å²) in [6.07, 6.45) is 0.858. The molecule has 1 aromatic carbocycles. The molecule has 3 aromatic rings. The highest BCUT2D eigenvalue weighted by Gasteiger charge is 2.17. The molecule has 3 rings (SSSR count). The topological polar surface area (TPSA) is 66.0 Å². The Morgan fingerprint density at radius 2 is 2.04 bits per heavy atom. The highest BCUT2D eigenvalue weighted by Crippen LogP contribution is 2.30. The number of benzene rings is 1. The summed E-state index contributed by atoms with van der Waals surface area (Å²) in [6, 6.07) is 7.66. The van der Waals surface area contributed by atoms with Crippen LogP contribution in [0, 0.1) is 13.8 Å². The van der Waals surface area contributed by atoms with Gasteiger partial charge in [-0.15, -0.1) is 10.2 Å². The van der Waals surface area contributed by atoms with Gasteiger partial charge in [0.05, 0.1) is 16.5 Å². The van der Waals surface area contributed by atoms with Gasteiger partial charge in [0.2, 0.25) is 5.89 Å². The number of ether oxygens (including phenoxy) is 1. The Labute approximate surface area is 161 Å². The van der Waals surface area contributed by atoms with E-state index in [0.717, 1.165) is 41.0 Å². The van der Waals surface area contributed by atoms with Crippen LogP contribution in [0.25, 0.3) is 11.4 Å². The number of methoxy groups -OCH3 is 1. The van der Waals surface area contributed by atoms with Crippen molar-refractivity contribution in [1.82, 2.24) is 19.7 Å². The fourth-order valence-electron chi connectivity index (χ4n) is 2.53. The van der Waals surface area contributed by atoms with Crippen molar-refractivity contribution < 1.29 is 9.15 Å². The number of nitrogens with zero attached hydrogens (tertiary/aromatic N) is 4. The number of hydrogen-bond acceptors (Lipinski definition) is 6. The smallest absolute Gasteiger partial charge is 0.205 e. The second-order valence-corrected chi connectivity index (χ2v) is 7.17. The molecule has 0 N–H and O–H groups in total. The van der Waals surface area contributed by atoms with Gasteiger partial charge in [0.15, 0.2) is 11.0 Å². The number of rotatable bonds is 8. The van der Waals surface area contributed by atoms with Crippen LogP contribution in [0.1, 0.15) is 23.8 Å². The van der Waals surface area contributed by atoms with Gasteiger partial charge in [-0.3, -0.25) is 0 Å². The second kappa shape index (κ2) is 8.70. The van der Waals surface area contributed by atoms with Crippen LogP contribution in [-0.4, -0.2) is 33.5 Å². The number of halogens is 1. The third-order valence-electron chi connectivity index (χ3n) is 3.96. The molecule has 138 valence electrons. The first-order chi connectivity index (χ1) is 12.6. The van der Waals surface area contributed by atoms with E-state index >= 15 is 0 Å². The van der Waals surface area contributed by atoms with Gasteiger partial charge in [0, 0.05) is 25.8 Å². The maximum atomic E-state index is 6.36. The molecule has 0 spiro atoms. The van der Waals surface area contributed by atoms with Crippen molar-refractivity contribution in [3.8, 4) is 11.4 Å². The zero-order chi connectivity index (χ0) is 18.5. The van der Waals surface area contributed by atoms with Crippen LogP contribution in [0.4, 0.5) is 0 Å². The number of thioether (sulfide) groups is 1. The Bertz CT molecular complexity index is 858. The molecule has 0 amide bonds. The van der Waals surface area contributed by atoms with Gasteiger partial charge in [-0.25, -0.2) is 4.98 Å². The molecule has 0 fully saturated rings. The van der Waals surface area contributed by atoms with Gasteiger partial charge < -0.3 is 13.7 Å². The maximum absolute atomic E-state index is 6.36.